The number of pyridine rings is 1. The number of carbonyl (C=O) groups excluding carboxylic acids is 1. The van der Waals surface area contributed by atoms with Gasteiger partial charge in [-0.05, 0) is 49.9 Å². The maximum atomic E-state index is 12.8. The van der Waals surface area contributed by atoms with Gasteiger partial charge in [0.25, 0.3) is 0 Å². The third kappa shape index (κ3) is 6.27. The first-order valence-corrected chi connectivity index (χ1v) is 11.0. The Balaban J connectivity index is 1.72. The molecule has 4 heteroatoms. The summed E-state index contributed by atoms with van der Waals surface area (Å²) in [6.45, 7) is 11.1. The van der Waals surface area contributed by atoms with Crippen molar-refractivity contribution in [3.05, 3.63) is 71.6 Å². The number of piperidine rings is 1. The van der Waals surface area contributed by atoms with E-state index >= 15 is 0 Å². The van der Waals surface area contributed by atoms with Crippen LogP contribution in [0.5, 0.6) is 0 Å². The van der Waals surface area contributed by atoms with Crippen LogP contribution in [0.2, 0.25) is 0 Å². The summed E-state index contributed by atoms with van der Waals surface area (Å²) < 4.78 is 0. The number of hydrogen-bond donors (Lipinski definition) is 1. The van der Waals surface area contributed by atoms with Crippen molar-refractivity contribution in [1.82, 2.24) is 15.2 Å². The summed E-state index contributed by atoms with van der Waals surface area (Å²) in [6, 6.07) is 16.4. The zero-order chi connectivity index (χ0) is 21.6. The number of benzene rings is 1. The largest absolute Gasteiger partial charge is 0.347 e. The van der Waals surface area contributed by atoms with Crippen LogP contribution in [0.15, 0.2) is 60.3 Å². The molecule has 0 radical (unpaired) electrons. The van der Waals surface area contributed by atoms with Crippen molar-refractivity contribution in [2.24, 2.45) is 11.3 Å². The lowest BCUT2D eigenvalue weighted by molar-refractivity contribution is -0.129. The zero-order valence-electron chi connectivity index (χ0n) is 18.8. The molecule has 0 spiro atoms. The van der Waals surface area contributed by atoms with E-state index in [4.69, 9.17) is 0 Å². The van der Waals surface area contributed by atoms with Crippen molar-refractivity contribution in [3.63, 3.8) is 0 Å². The molecule has 0 saturated carbocycles. The average molecular weight is 406 g/mol. The van der Waals surface area contributed by atoms with Crippen LogP contribution in [0.25, 0.3) is 6.08 Å². The van der Waals surface area contributed by atoms with Gasteiger partial charge in [-0.25, -0.2) is 0 Å². The van der Waals surface area contributed by atoms with E-state index in [1.165, 1.54) is 11.1 Å². The van der Waals surface area contributed by atoms with Crippen molar-refractivity contribution in [3.8, 4) is 0 Å². The molecule has 2 heterocycles. The molecule has 1 amide bonds. The molecule has 1 aromatic carbocycles. The monoisotopic (exact) mass is 405 g/mol. The Bertz CT molecular complexity index is 840. The van der Waals surface area contributed by atoms with Gasteiger partial charge in [0, 0.05) is 24.7 Å². The predicted molar refractivity (Wildman–Crippen MR) is 124 cm³/mol. The molecule has 3 rings (SSSR count). The second-order valence-electron chi connectivity index (χ2n) is 9.49. The molecule has 160 valence electrons. The normalized spacial score (nSPS) is 19.3. The van der Waals surface area contributed by atoms with E-state index in [1.54, 1.807) is 0 Å². The van der Waals surface area contributed by atoms with Crippen molar-refractivity contribution in [2.75, 3.05) is 19.6 Å². The first-order chi connectivity index (χ1) is 14.3. The second-order valence-corrected chi connectivity index (χ2v) is 9.49. The third-order valence-corrected chi connectivity index (χ3v) is 5.67. The Hall–Kier alpha value is -2.46. The van der Waals surface area contributed by atoms with E-state index in [-0.39, 0.29) is 11.9 Å². The lowest BCUT2D eigenvalue weighted by Crippen LogP contribution is -2.46. The second kappa shape index (κ2) is 10.0. The molecule has 4 nitrogen and oxygen atoms in total. The minimum atomic E-state index is -0.420. The Morgan fingerprint density at radius 2 is 1.93 bits per heavy atom. The highest BCUT2D eigenvalue weighted by molar-refractivity contribution is 5.81. The molecular weight excluding hydrogens is 370 g/mol. The van der Waals surface area contributed by atoms with Crippen LogP contribution in [-0.4, -0.2) is 35.4 Å². The number of hydrogen-bond acceptors (Lipinski definition) is 3. The van der Waals surface area contributed by atoms with Crippen LogP contribution >= 0.6 is 0 Å². The first kappa shape index (κ1) is 22.2. The van der Waals surface area contributed by atoms with E-state index in [1.807, 2.05) is 51.2 Å². The predicted octanol–water partition coefficient (Wildman–Crippen LogP) is 5.10. The number of aromatic nitrogens is 1. The lowest BCUT2D eigenvalue weighted by atomic mass is 9.86. The fourth-order valence-corrected chi connectivity index (χ4v) is 4.09. The standard InChI is InChI=1S/C26H35N3O/c1-20(17-21-11-6-5-7-12-21)18-29-16-10-13-22(19-29)24(23-14-8-9-15-27-23)28-25(30)26(2,3)4/h5-9,11-12,14-15,17,22,24H,10,13,16,18-19H2,1-4H3,(H,28,30). The molecule has 2 aromatic rings. The van der Waals surface area contributed by atoms with Gasteiger partial charge in [0.05, 0.1) is 11.7 Å². The fraction of sp³-hybridized carbons (Fsp3) is 0.462. The summed E-state index contributed by atoms with van der Waals surface area (Å²) in [7, 11) is 0. The van der Waals surface area contributed by atoms with E-state index in [9.17, 15) is 4.79 Å². The maximum absolute atomic E-state index is 12.8. The Morgan fingerprint density at radius 3 is 2.60 bits per heavy atom. The van der Waals surface area contributed by atoms with Gasteiger partial charge in [-0.1, -0.05) is 68.8 Å². The molecule has 0 aliphatic carbocycles. The summed E-state index contributed by atoms with van der Waals surface area (Å²) in [5.41, 5.74) is 3.14. The molecule has 1 aliphatic heterocycles. The fourth-order valence-electron chi connectivity index (χ4n) is 4.09. The first-order valence-electron chi connectivity index (χ1n) is 11.0. The number of amides is 1. The quantitative estimate of drug-likeness (QED) is 0.727. The number of carbonyl (C=O) groups is 1. The molecule has 0 bridgehead atoms. The summed E-state index contributed by atoms with van der Waals surface area (Å²) in [5, 5.41) is 3.31. The van der Waals surface area contributed by atoms with Crippen molar-refractivity contribution >= 4 is 12.0 Å². The van der Waals surface area contributed by atoms with E-state index < -0.39 is 5.41 Å². The molecule has 30 heavy (non-hydrogen) atoms. The number of nitrogens with zero attached hydrogens (tertiary/aromatic N) is 2. The molecule has 1 aromatic heterocycles. The molecule has 1 N–H and O–H groups in total. The van der Waals surface area contributed by atoms with Gasteiger partial charge < -0.3 is 5.32 Å². The van der Waals surface area contributed by atoms with Crippen LogP contribution in [0.4, 0.5) is 0 Å². The summed E-state index contributed by atoms with van der Waals surface area (Å²) >= 11 is 0. The van der Waals surface area contributed by atoms with Gasteiger partial charge in [0.1, 0.15) is 0 Å². The molecule has 2 unspecified atom stereocenters. The van der Waals surface area contributed by atoms with Crippen LogP contribution < -0.4 is 5.32 Å². The smallest absolute Gasteiger partial charge is 0.225 e. The third-order valence-electron chi connectivity index (χ3n) is 5.67. The SMILES string of the molecule is CC(=Cc1ccccc1)CN1CCCC(C(NC(=O)C(C)(C)C)c2ccccn2)C1. The Labute approximate surface area is 181 Å². The highest BCUT2D eigenvalue weighted by Crippen LogP contribution is 2.30. The summed E-state index contributed by atoms with van der Waals surface area (Å²) in [4.78, 5) is 19.9. The van der Waals surface area contributed by atoms with Gasteiger partial charge in [0.2, 0.25) is 5.91 Å². The minimum Gasteiger partial charge on any atom is -0.347 e. The number of rotatable bonds is 6. The summed E-state index contributed by atoms with van der Waals surface area (Å²) in [6.07, 6.45) is 6.32. The van der Waals surface area contributed by atoms with Gasteiger partial charge in [-0.2, -0.15) is 0 Å². The van der Waals surface area contributed by atoms with Crippen LogP contribution in [0.1, 0.15) is 57.8 Å². The van der Waals surface area contributed by atoms with E-state index in [0.29, 0.717) is 5.92 Å². The Morgan fingerprint density at radius 1 is 1.20 bits per heavy atom. The van der Waals surface area contributed by atoms with E-state index in [0.717, 1.165) is 38.2 Å². The van der Waals surface area contributed by atoms with Gasteiger partial charge in [-0.15, -0.1) is 0 Å². The van der Waals surface area contributed by atoms with Crippen molar-refractivity contribution in [2.45, 2.75) is 46.6 Å². The van der Waals surface area contributed by atoms with Crippen LogP contribution in [0, 0.1) is 11.3 Å². The van der Waals surface area contributed by atoms with Gasteiger partial charge in [0.15, 0.2) is 0 Å². The molecular formula is C26H35N3O. The van der Waals surface area contributed by atoms with Crippen LogP contribution in [0.3, 0.4) is 0 Å². The molecule has 1 fully saturated rings. The van der Waals surface area contributed by atoms with Crippen molar-refractivity contribution in [1.29, 1.82) is 0 Å². The minimum absolute atomic E-state index is 0.0564. The summed E-state index contributed by atoms with van der Waals surface area (Å²) in [5.74, 6) is 0.430. The van der Waals surface area contributed by atoms with E-state index in [2.05, 4.69) is 52.5 Å². The number of nitrogens with one attached hydrogen (secondary N) is 1. The van der Waals surface area contributed by atoms with Crippen molar-refractivity contribution < 1.29 is 4.79 Å². The molecule has 2 atom stereocenters. The van der Waals surface area contributed by atoms with Gasteiger partial charge in [-0.3, -0.25) is 14.7 Å². The molecule has 1 aliphatic rings. The average Bonchev–Trinajstić information content (AvgIpc) is 2.72. The molecule has 1 saturated heterocycles. The zero-order valence-corrected chi connectivity index (χ0v) is 18.8. The highest BCUT2D eigenvalue weighted by atomic mass is 16.2. The van der Waals surface area contributed by atoms with Gasteiger partial charge >= 0.3 is 0 Å². The lowest BCUT2D eigenvalue weighted by Gasteiger charge is -2.38. The maximum Gasteiger partial charge on any atom is 0.225 e. The highest BCUT2D eigenvalue weighted by Gasteiger charge is 2.33. The Kier molecular flexibility index (Phi) is 7.43. The topological polar surface area (TPSA) is 45.2 Å². The number of likely N-dealkylation sites (tertiary alicyclic amines) is 1. The van der Waals surface area contributed by atoms with Crippen LogP contribution in [-0.2, 0) is 4.79 Å².